The fourth-order valence-corrected chi connectivity index (χ4v) is 1.75. The molecule has 2 rings (SSSR count). The first kappa shape index (κ1) is 17.0. The van der Waals surface area contributed by atoms with Crippen LogP contribution in [0, 0.1) is 6.61 Å². The number of hydrogen-bond acceptors (Lipinski definition) is 6. The normalized spacial score (nSPS) is 19.8. The molecule has 1 heterocycles. The summed E-state index contributed by atoms with van der Waals surface area (Å²) in [6.07, 6.45) is 0. The fraction of sp³-hybridized carbons (Fsp3) is 0.562. The van der Waals surface area contributed by atoms with E-state index in [1.165, 1.54) is 0 Å². The third-order valence-electron chi connectivity index (χ3n) is 2.79. The molecule has 0 saturated carbocycles. The smallest absolute Gasteiger partial charge is 0.224 e. The third-order valence-corrected chi connectivity index (χ3v) is 2.79. The van der Waals surface area contributed by atoms with E-state index in [4.69, 9.17) is 28.4 Å². The topological polar surface area (TPSA) is 55.4 Å². The number of hydrogen-bond donors (Lipinski definition) is 0. The van der Waals surface area contributed by atoms with E-state index in [1.54, 1.807) is 0 Å². The second-order valence-electron chi connectivity index (χ2n) is 4.43. The summed E-state index contributed by atoms with van der Waals surface area (Å²) in [6.45, 7) is 7.10. The Morgan fingerprint density at radius 1 is 0.636 bits per heavy atom. The SMILES string of the molecule is [C]1COCCOCCOCCOCCOc2ccccc2O1. The molecule has 122 valence electrons. The Labute approximate surface area is 131 Å². The molecule has 1 aliphatic rings. The summed E-state index contributed by atoms with van der Waals surface area (Å²) in [7, 11) is 0. The van der Waals surface area contributed by atoms with Crippen molar-refractivity contribution >= 4 is 0 Å². The van der Waals surface area contributed by atoms with Crippen molar-refractivity contribution in [2.75, 3.05) is 59.5 Å². The van der Waals surface area contributed by atoms with E-state index in [1.807, 2.05) is 24.3 Å². The average molecular weight is 310 g/mol. The van der Waals surface area contributed by atoms with Gasteiger partial charge in [0.2, 0.25) is 6.61 Å². The number of para-hydroxylation sites is 2. The Morgan fingerprint density at radius 3 is 1.86 bits per heavy atom. The van der Waals surface area contributed by atoms with Gasteiger partial charge in [0.05, 0.1) is 52.9 Å². The van der Waals surface area contributed by atoms with Gasteiger partial charge in [0.1, 0.15) is 6.61 Å². The maximum Gasteiger partial charge on any atom is 0.224 e. The first-order chi connectivity index (χ1) is 11.0. The lowest BCUT2D eigenvalue weighted by Gasteiger charge is -2.12. The van der Waals surface area contributed by atoms with E-state index in [0.29, 0.717) is 64.4 Å². The summed E-state index contributed by atoms with van der Waals surface area (Å²) in [5, 5.41) is 0. The third kappa shape index (κ3) is 7.09. The summed E-state index contributed by atoms with van der Waals surface area (Å²) in [4.78, 5) is 0. The predicted octanol–water partition coefficient (Wildman–Crippen LogP) is 1.56. The molecule has 0 spiro atoms. The first-order valence-corrected chi connectivity index (χ1v) is 7.39. The van der Waals surface area contributed by atoms with Crippen molar-refractivity contribution < 1.29 is 28.4 Å². The van der Waals surface area contributed by atoms with Crippen LogP contribution in [0.5, 0.6) is 11.5 Å². The molecule has 0 aromatic heterocycles. The van der Waals surface area contributed by atoms with E-state index in [0.717, 1.165) is 0 Å². The van der Waals surface area contributed by atoms with Crippen LogP contribution in [-0.2, 0) is 18.9 Å². The van der Waals surface area contributed by atoms with Crippen LogP contribution in [0.3, 0.4) is 0 Å². The second-order valence-corrected chi connectivity index (χ2v) is 4.43. The van der Waals surface area contributed by atoms with Gasteiger partial charge in [0, 0.05) is 0 Å². The van der Waals surface area contributed by atoms with Crippen molar-refractivity contribution in [3.63, 3.8) is 0 Å². The Kier molecular flexibility index (Phi) is 8.71. The van der Waals surface area contributed by atoms with Crippen molar-refractivity contribution in [3.8, 4) is 11.5 Å². The van der Waals surface area contributed by atoms with Gasteiger partial charge < -0.3 is 28.4 Å². The van der Waals surface area contributed by atoms with Gasteiger partial charge in [-0.05, 0) is 12.1 Å². The lowest BCUT2D eigenvalue weighted by Crippen LogP contribution is -2.14. The number of ether oxygens (including phenoxy) is 6. The zero-order valence-electron chi connectivity index (χ0n) is 12.6. The minimum Gasteiger partial charge on any atom is -0.487 e. The lowest BCUT2D eigenvalue weighted by atomic mass is 10.3. The van der Waals surface area contributed by atoms with E-state index in [2.05, 4.69) is 6.61 Å². The van der Waals surface area contributed by atoms with E-state index < -0.39 is 0 Å². The maximum atomic E-state index is 5.64. The van der Waals surface area contributed by atoms with Crippen molar-refractivity contribution in [3.05, 3.63) is 30.9 Å². The molecule has 6 nitrogen and oxygen atoms in total. The number of rotatable bonds is 0. The Bertz CT molecular complexity index is 361. The van der Waals surface area contributed by atoms with Crippen LogP contribution in [0.2, 0.25) is 0 Å². The number of fused-ring (bicyclic) bond motifs is 1. The summed E-state index contributed by atoms with van der Waals surface area (Å²) in [5.74, 6) is 1.26. The monoisotopic (exact) mass is 310 g/mol. The van der Waals surface area contributed by atoms with Crippen molar-refractivity contribution in [2.45, 2.75) is 0 Å². The molecule has 0 fully saturated rings. The van der Waals surface area contributed by atoms with Crippen LogP contribution in [0.4, 0.5) is 0 Å². The van der Waals surface area contributed by atoms with E-state index in [-0.39, 0.29) is 6.61 Å². The molecule has 6 heteroatoms. The molecular weight excluding hydrogens is 288 g/mol. The van der Waals surface area contributed by atoms with E-state index in [9.17, 15) is 0 Å². The Morgan fingerprint density at radius 2 is 1.18 bits per heavy atom. The average Bonchev–Trinajstić information content (AvgIpc) is 2.55. The van der Waals surface area contributed by atoms with Crippen LogP contribution in [0.1, 0.15) is 0 Å². The molecule has 2 radical (unpaired) electrons. The van der Waals surface area contributed by atoms with Gasteiger partial charge in [-0.25, -0.2) is 0 Å². The second kappa shape index (κ2) is 11.3. The van der Waals surface area contributed by atoms with Crippen LogP contribution >= 0.6 is 0 Å². The quantitative estimate of drug-likeness (QED) is 0.725. The highest BCUT2D eigenvalue weighted by Crippen LogP contribution is 2.26. The molecule has 0 bridgehead atoms. The van der Waals surface area contributed by atoms with Crippen molar-refractivity contribution in [1.82, 2.24) is 0 Å². The summed E-state index contributed by atoms with van der Waals surface area (Å²) >= 11 is 0. The fourth-order valence-electron chi connectivity index (χ4n) is 1.75. The molecule has 1 aliphatic heterocycles. The van der Waals surface area contributed by atoms with Gasteiger partial charge in [-0.1, -0.05) is 12.1 Å². The largest absolute Gasteiger partial charge is 0.487 e. The molecule has 0 N–H and O–H groups in total. The summed E-state index contributed by atoms with van der Waals surface area (Å²) < 4.78 is 32.6. The van der Waals surface area contributed by atoms with Gasteiger partial charge in [-0.2, -0.15) is 0 Å². The molecule has 0 unspecified atom stereocenters. The van der Waals surface area contributed by atoms with Gasteiger partial charge in [0.25, 0.3) is 0 Å². The van der Waals surface area contributed by atoms with Gasteiger partial charge >= 0.3 is 0 Å². The van der Waals surface area contributed by atoms with Crippen molar-refractivity contribution in [2.24, 2.45) is 0 Å². The highest BCUT2D eigenvalue weighted by atomic mass is 16.6. The predicted molar refractivity (Wildman–Crippen MR) is 79.1 cm³/mol. The van der Waals surface area contributed by atoms with Gasteiger partial charge in [-0.3, -0.25) is 0 Å². The molecule has 22 heavy (non-hydrogen) atoms. The molecule has 1 aromatic carbocycles. The van der Waals surface area contributed by atoms with Crippen molar-refractivity contribution in [1.29, 1.82) is 0 Å². The molecular formula is C16H22O6. The van der Waals surface area contributed by atoms with Gasteiger partial charge in [0.15, 0.2) is 11.5 Å². The molecule has 1 aromatic rings. The maximum absolute atomic E-state index is 5.64. The molecule has 0 atom stereocenters. The molecule has 0 saturated heterocycles. The highest BCUT2D eigenvalue weighted by Gasteiger charge is 2.05. The summed E-state index contributed by atoms with van der Waals surface area (Å²) in [5.41, 5.74) is 0. The number of benzene rings is 1. The van der Waals surface area contributed by atoms with Crippen LogP contribution in [-0.4, -0.2) is 59.5 Å². The Hall–Kier alpha value is -1.34. The first-order valence-electron chi connectivity index (χ1n) is 7.39. The lowest BCUT2D eigenvalue weighted by molar-refractivity contribution is -0.00542. The zero-order chi connectivity index (χ0) is 15.3. The zero-order valence-corrected chi connectivity index (χ0v) is 12.6. The summed E-state index contributed by atoms with van der Waals surface area (Å²) in [6, 6.07) is 7.42. The molecule has 0 amide bonds. The van der Waals surface area contributed by atoms with Gasteiger partial charge in [-0.15, -0.1) is 0 Å². The van der Waals surface area contributed by atoms with Crippen LogP contribution in [0.15, 0.2) is 24.3 Å². The minimum absolute atomic E-state index is 0.261. The van der Waals surface area contributed by atoms with E-state index >= 15 is 0 Å². The molecule has 0 aliphatic carbocycles. The highest BCUT2D eigenvalue weighted by molar-refractivity contribution is 5.39. The van der Waals surface area contributed by atoms with Crippen LogP contribution < -0.4 is 9.47 Å². The standard InChI is InChI=1S/C16H22O6/c1-2-4-16-15(3-1)21-13-11-19-9-7-17-5-6-18-8-10-20-12-14-22-16/h1-4H,5-13H2. The van der Waals surface area contributed by atoms with Crippen LogP contribution in [0.25, 0.3) is 0 Å². The minimum atomic E-state index is 0.261. The Balaban J connectivity index is 1.79.